The Labute approximate surface area is 448 Å². The summed E-state index contributed by atoms with van der Waals surface area (Å²) in [6.07, 6.45) is 0. The molecule has 0 atom stereocenters. The van der Waals surface area contributed by atoms with Gasteiger partial charge in [-0.2, -0.15) is 5.26 Å². The fourth-order valence-electron chi connectivity index (χ4n) is 12.9. The van der Waals surface area contributed by atoms with Crippen molar-refractivity contribution in [3.63, 3.8) is 0 Å². The van der Waals surface area contributed by atoms with Crippen molar-refractivity contribution in [1.82, 2.24) is 13.7 Å². The van der Waals surface area contributed by atoms with Gasteiger partial charge >= 0.3 is 0 Å². The van der Waals surface area contributed by atoms with Crippen molar-refractivity contribution in [2.75, 3.05) is 0 Å². The summed E-state index contributed by atoms with van der Waals surface area (Å²) in [7, 11) is 0. The maximum absolute atomic E-state index is 9.85. The van der Waals surface area contributed by atoms with Gasteiger partial charge in [-0.25, -0.2) is 9.69 Å². The van der Waals surface area contributed by atoms with Crippen LogP contribution in [0.2, 0.25) is 0 Å². The molecule has 0 unspecified atom stereocenters. The molecule has 0 spiro atoms. The van der Waals surface area contributed by atoms with Gasteiger partial charge in [-0.15, -0.1) is 0 Å². The Balaban J connectivity index is 1.37. The van der Waals surface area contributed by atoms with Crippen LogP contribution in [0.1, 0.15) is 50.1 Å². The number of fused-ring (bicyclic) bond motifs is 12. The van der Waals surface area contributed by atoms with Crippen LogP contribution in [0.3, 0.4) is 0 Å². The maximum atomic E-state index is 9.85. The highest BCUT2D eigenvalue weighted by atomic mass is 15.1. The maximum Gasteiger partial charge on any atom is 0.187 e. The molecule has 3 heterocycles. The van der Waals surface area contributed by atoms with Gasteiger partial charge in [0, 0.05) is 38.0 Å². The van der Waals surface area contributed by atoms with E-state index in [9.17, 15) is 5.26 Å². The molecule has 366 valence electrons. The molecule has 0 aliphatic rings. The smallest absolute Gasteiger partial charge is 0.187 e. The van der Waals surface area contributed by atoms with Crippen LogP contribution in [-0.2, 0) is 0 Å². The summed E-state index contributed by atoms with van der Waals surface area (Å²) in [4.78, 5) is 7.48. The molecule has 0 saturated carbocycles. The Morgan fingerprint density at radius 3 is 1.05 bits per heavy atom. The van der Waals surface area contributed by atoms with Gasteiger partial charge in [0.05, 0.1) is 69.3 Å². The van der Waals surface area contributed by atoms with E-state index in [2.05, 4.69) is 218 Å². The van der Waals surface area contributed by atoms with E-state index in [-0.39, 0.29) is 0 Å². The SMILES string of the molecule is [C-]#[N+]c1ccc(-c2ccc3c(c2)c2c4c(c5cc(-c6ccc(C#N)cc6)ccc5n4-c4ccc(C)cc4C)c4c(c5cc(-c6ccc([N+]#[C-])cc6)ccc5n4-c4c(C)cc(C)cc4C)c2n3-c2c(C)cc(C)cc2C)cc1. The number of benzene rings is 10. The highest BCUT2D eigenvalue weighted by molar-refractivity contribution is 6.41. The lowest BCUT2D eigenvalue weighted by atomic mass is 9.97. The normalized spacial score (nSPS) is 11.6. The molecule has 0 amide bonds. The average Bonchev–Trinajstić information content (AvgIpc) is 4.02. The number of hydrogen-bond donors (Lipinski definition) is 0. The third kappa shape index (κ3) is 7.20. The molecule has 0 fully saturated rings. The molecule has 6 heteroatoms. The molecular formula is C71H52N6. The summed E-state index contributed by atoms with van der Waals surface area (Å²) in [5.41, 5.74) is 27.7. The number of aryl methyl sites for hydroxylation is 8. The molecule has 0 N–H and O–H groups in total. The van der Waals surface area contributed by atoms with E-state index in [4.69, 9.17) is 13.1 Å². The minimum Gasteiger partial charge on any atom is -0.308 e. The van der Waals surface area contributed by atoms with Crippen molar-refractivity contribution >= 4 is 76.8 Å². The van der Waals surface area contributed by atoms with E-state index in [1.807, 2.05) is 36.4 Å². The van der Waals surface area contributed by atoms with Gasteiger partial charge in [-0.3, -0.25) is 0 Å². The van der Waals surface area contributed by atoms with E-state index in [0.29, 0.717) is 16.9 Å². The lowest BCUT2D eigenvalue weighted by molar-refractivity contribution is 1.11. The van der Waals surface area contributed by atoms with E-state index < -0.39 is 0 Å². The first-order chi connectivity index (χ1) is 37.3. The molecule has 3 aromatic heterocycles. The Bertz CT molecular complexity index is 4690. The molecule has 0 bridgehead atoms. The van der Waals surface area contributed by atoms with Crippen molar-refractivity contribution in [2.45, 2.75) is 55.4 Å². The first-order valence-corrected chi connectivity index (χ1v) is 26.1. The molecule has 13 aromatic rings. The van der Waals surface area contributed by atoms with Crippen molar-refractivity contribution in [1.29, 1.82) is 5.26 Å². The monoisotopic (exact) mass is 988 g/mol. The quantitative estimate of drug-likeness (QED) is 0.153. The van der Waals surface area contributed by atoms with Crippen molar-refractivity contribution in [3.8, 4) is 56.5 Å². The van der Waals surface area contributed by atoms with Crippen LogP contribution >= 0.6 is 0 Å². The molecule has 77 heavy (non-hydrogen) atoms. The molecule has 13 rings (SSSR count). The largest absolute Gasteiger partial charge is 0.308 e. The second-order valence-electron chi connectivity index (χ2n) is 21.2. The zero-order valence-electron chi connectivity index (χ0n) is 44.3. The van der Waals surface area contributed by atoms with Crippen LogP contribution in [0.15, 0.2) is 170 Å². The molecule has 10 aromatic carbocycles. The predicted molar refractivity (Wildman–Crippen MR) is 321 cm³/mol. The molecular weight excluding hydrogens is 937 g/mol. The molecule has 0 aliphatic carbocycles. The highest BCUT2D eigenvalue weighted by Gasteiger charge is 2.31. The highest BCUT2D eigenvalue weighted by Crippen LogP contribution is 2.53. The van der Waals surface area contributed by atoms with Crippen LogP contribution in [0.5, 0.6) is 0 Å². The second kappa shape index (κ2) is 17.6. The molecule has 0 radical (unpaired) electrons. The molecule has 0 saturated heterocycles. The van der Waals surface area contributed by atoms with E-state index in [1.54, 1.807) is 0 Å². The Morgan fingerprint density at radius 1 is 0.351 bits per heavy atom. The third-order valence-corrected chi connectivity index (χ3v) is 15.9. The minimum atomic E-state index is 0.608. The van der Waals surface area contributed by atoms with Gasteiger partial charge in [0.15, 0.2) is 11.4 Å². The van der Waals surface area contributed by atoms with Gasteiger partial charge < -0.3 is 13.7 Å². The van der Waals surface area contributed by atoms with Crippen LogP contribution in [-0.4, -0.2) is 13.7 Å². The van der Waals surface area contributed by atoms with Crippen molar-refractivity contribution in [3.05, 3.63) is 243 Å². The summed E-state index contributed by atoms with van der Waals surface area (Å²) in [6.45, 7) is 33.3. The zero-order chi connectivity index (χ0) is 53.1. The Hall–Kier alpha value is -9.93. The van der Waals surface area contributed by atoms with E-state index >= 15 is 0 Å². The van der Waals surface area contributed by atoms with Crippen LogP contribution < -0.4 is 0 Å². The fraction of sp³-hybridized carbons (Fsp3) is 0.113. The summed E-state index contributed by atoms with van der Waals surface area (Å²) in [5.74, 6) is 0. The van der Waals surface area contributed by atoms with Gasteiger partial charge in [-0.1, -0.05) is 132 Å². The number of aromatic nitrogens is 3. The van der Waals surface area contributed by atoms with Crippen molar-refractivity contribution < 1.29 is 0 Å². The number of rotatable bonds is 6. The predicted octanol–water partition coefficient (Wildman–Crippen LogP) is 19.4. The summed E-state index contributed by atoms with van der Waals surface area (Å²) >= 11 is 0. The third-order valence-electron chi connectivity index (χ3n) is 15.9. The van der Waals surface area contributed by atoms with Gasteiger partial charge in [0.2, 0.25) is 0 Å². The van der Waals surface area contributed by atoms with Crippen LogP contribution in [0.25, 0.3) is 126 Å². The Kier molecular flexibility index (Phi) is 10.7. The first kappa shape index (κ1) is 46.8. The Morgan fingerprint density at radius 2 is 0.688 bits per heavy atom. The second-order valence-corrected chi connectivity index (χ2v) is 21.2. The lowest BCUT2D eigenvalue weighted by Gasteiger charge is -2.18. The topological polar surface area (TPSA) is 47.3 Å². The van der Waals surface area contributed by atoms with Crippen molar-refractivity contribution in [2.24, 2.45) is 0 Å². The summed E-state index contributed by atoms with van der Waals surface area (Å²) in [5, 5.41) is 16.6. The van der Waals surface area contributed by atoms with Gasteiger partial charge in [0.25, 0.3) is 0 Å². The van der Waals surface area contributed by atoms with Gasteiger partial charge in [-0.05, 0) is 171 Å². The summed E-state index contributed by atoms with van der Waals surface area (Å²) in [6, 6.07) is 63.1. The molecule has 6 nitrogen and oxygen atoms in total. The first-order valence-electron chi connectivity index (χ1n) is 26.1. The minimum absolute atomic E-state index is 0.608. The standard InChI is InChI=1S/C71H52N6/c1-40-11-27-60(43(4)31-40)75-61-28-20-52(49-14-12-48(39-72)13-15-49)36-57(61)64-69(75)65-58-37-53(50-16-23-55(73-9)24-17-50)21-29-62(58)76(67-44(5)32-41(2)33-45(67)6)71(65)66-59-38-54(51-18-25-56(74-10)26-19-51)22-30-63(59)77(70(64)66)68-46(7)34-42(3)35-47(68)8/h11-38H,1-8H3. The number of nitriles is 1. The van der Waals surface area contributed by atoms with Crippen LogP contribution in [0.4, 0.5) is 11.4 Å². The van der Waals surface area contributed by atoms with E-state index in [0.717, 1.165) is 116 Å². The van der Waals surface area contributed by atoms with E-state index in [1.165, 1.54) is 44.5 Å². The molecule has 0 aliphatic heterocycles. The van der Waals surface area contributed by atoms with Crippen LogP contribution in [0, 0.1) is 79.9 Å². The van der Waals surface area contributed by atoms with Gasteiger partial charge in [0.1, 0.15) is 0 Å². The summed E-state index contributed by atoms with van der Waals surface area (Å²) < 4.78 is 7.69. The number of nitrogens with zero attached hydrogens (tertiary/aromatic N) is 6. The average molecular weight is 989 g/mol. The zero-order valence-corrected chi connectivity index (χ0v) is 44.3. The fourth-order valence-corrected chi connectivity index (χ4v) is 12.9. The lowest BCUT2D eigenvalue weighted by Crippen LogP contribution is -2.03. The number of hydrogen-bond acceptors (Lipinski definition) is 1.